The lowest BCUT2D eigenvalue weighted by atomic mass is 10.2. The van der Waals surface area contributed by atoms with E-state index in [-0.39, 0.29) is 17.9 Å². The van der Waals surface area contributed by atoms with E-state index < -0.39 is 5.97 Å². The minimum Gasteiger partial charge on any atom is -0.461 e. The van der Waals surface area contributed by atoms with Gasteiger partial charge in [0, 0.05) is 4.47 Å². The summed E-state index contributed by atoms with van der Waals surface area (Å²) in [5.74, 6) is -0.243. The Bertz CT molecular complexity index is 1210. The summed E-state index contributed by atoms with van der Waals surface area (Å²) in [6.45, 7) is 3.56. The highest BCUT2D eigenvalue weighted by Crippen LogP contribution is 2.18. The maximum Gasteiger partial charge on any atom is 0.369 e. The molecule has 9 heteroatoms. The number of nitrogens with one attached hydrogen (secondary N) is 1. The number of benzene rings is 2. The Hall–Kier alpha value is -3.51. The van der Waals surface area contributed by atoms with Gasteiger partial charge < -0.3 is 4.74 Å². The molecule has 0 aliphatic rings. The van der Waals surface area contributed by atoms with E-state index in [4.69, 9.17) is 10.00 Å². The summed E-state index contributed by atoms with van der Waals surface area (Å²) in [5.41, 5.74) is 3.86. The molecule has 0 radical (unpaired) electrons. The summed E-state index contributed by atoms with van der Waals surface area (Å²) in [4.78, 5) is 29.0. The summed E-state index contributed by atoms with van der Waals surface area (Å²) in [5, 5.41) is 13.3. The predicted octanol–water partition coefficient (Wildman–Crippen LogP) is 3.31. The molecule has 146 valence electrons. The van der Waals surface area contributed by atoms with Gasteiger partial charge in [0.1, 0.15) is 11.9 Å². The third-order valence-electron chi connectivity index (χ3n) is 3.99. The van der Waals surface area contributed by atoms with Crippen LogP contribution in [0.2, 0.25) is 0 Å². The van der Waals surface area contributed by atoms with Crippen molar-refractivity contribution in [2.45, 2.75) is 13.8 Å². The van der Waals surface area contributed by atoms with Crippen LogP contribution in [0.5, 0.6) is 0 Å². The molecule has 1 N–H and O–H groups in total. The summed E-state index contributed by atoms with van der Waals surface area (Å²) >= 11 is 3.38. The minimum atomic E-state index is -0.797. The van der Waals surface area contributed by atoms with Crippen molar-refractivity contribution in [3.8, 4) is 11.8 Å². The van der Waals surface area contributed by atoms with Gasteiger partial charge >= 0.3 is 5.97 Å². The first-order valence-corrected chi connectivity index (χ1v) is 9.44. The van der Waals surface area contributed by atoms with Gasteiger partial charge in [-0.1, -0.05) is 15.9 Å². The third kappa shape index (κ3) is 4.33. The van der Waals surface area contributed by atoms with E-state index in [9.17, 15) is 9.59 Å². The molecule has 29 heavy (non-hydrogen) atoms. The lowest BCUT2D eigenvalue weighted by Gasteiger charge is -2.11. The Morgan fingerprint density at radius 2 is 2.03 bits per heavy atom. The van der Waals surface area contributed by atoms with Crippen molar-refractivity contribution in [1.82, 2.24) is 9.55 Å². The highest BCUT2D eigenvalue weighted by atomic mass is 79.9. The Labute approximate surface area is 174 Å². The number of ether oxygens (including phenoxy) is 1. The van der Waals surface area contributed by atoms with Gasteiger partial charge in [0.25, 0.3) is 5.56 Å². The summed E-state index contributed by atoms with van der Waals surface area (Å²) in [7, 11) is 0. The summed E-state index contributed by atoms with van der Waals surface area (Å²) in [6.07, 6.45) is 0. The van der Waals surface area contributed by atoms with Crippen LogP contribution < -0.4 is 11.0 Å². The first kappa shape index (κ1) is 20.2. The fourth-order valence-electron chi connectivity index (χ4n) is 2.69. The average molecular weight is 454 g/mol. The van der Waals surface area contributed by atoms with E-state index in [0.717, 1.165) is 4.47 Å². The van der Waals surface area contributed by atoms with Crippen LogP contribution in [-0.2, 0) is 9.53 Å². The highest BCUT2D eigenvalue weighted by Gasteiger charge is 2.12. The molecule has 1 heterocycles. The molecule has 0 fully saturated rings. The van der Waals surface area contributed by atoms with Gasteiger partial charge in [-0.25, -0.2) is 9.78 Å². The first-order chi connectivity index (χ1) is 13.9. The molecule has 0 saturated carbocycles. The van der Waals surface area contributed by atoms with Crippen LogP contribution in [0.3, 0.4) is 0 Å². The van der Waals surface area contributed by atoms with Crippen LogP contribution in [0.4, 0.5) is 5.69 Å². The van der Waals surface area contributed by atoms with Gasteiger partial charge in [-0.05, 0) is 56.3 Å². The van der Waals surface area contributed by atoms with Crippen molar-refractivity contribution in [3.05, 3.63) is 63.1 Å². The second kappa shape index (κ2) is 8.67. The molecule has 0 saturated heterocycles. The minimum absolute atomic E-state index is 0.151. The molecule has 0 bridgehead atoms. The molecule has 0 atom stereocenters. The van der Waals surface area contributed by atoms with Gasteiger partial charge in [0.2, 0.25) is 5.71 Å². The number of fused-ring (bicyclic) bond motifs is 1. The Morgan fingerprint density at radius 1 is 1.31 bits per heavy atom. The van der Waals surface area contributed by atoms with Gasteiger partial charge in [-0.2, -0.15) is 10.4 Å². The predicted molar refractivity (Wildman–Crippen MR) is 113 cm³/mol. The number of nitrogens with zero attached hydrogens (tertiary/aromatic N) is 4. The van der Waals surface area contributed by atoms with Crippen LogP contribution in [-0.4, -0.2) is 27.8 Å². The number of hydrazone groups is 1. The number of nitriles is 1. The quantitative estimate of drug-likeness (QED) is 0.360. The molecule has 0 spiro atoms. The normalized spacial score (nSPS) is 11.2. The maximum absolute atomic E-state index is 13.0. The van der Waals surface area contributed by atoms with Crippen molar-refractivity contribution in [1.29, 1.82) is 5.26 Å². The van der Waals surface area contributed by atoms with Crippen molar-refractivity contribution in [2.75, 3.05) is 12.0 Å². The average Bonchev–Trinajstić information content (AvgIpc) is 2.70. The molecule has 0 aliphatic heterocycles. The second-order valence-electron chi connectivity index (χ2n) is 5.91. The van der Waals surface area contributed by atoms with Crippen LogP contribution in [0.1, 0.15) is 12.7 Å². The molecule has 1 aromatic heterocycles. The first-order valence-electron chi connectivity index (χ1n) is 8.65. The zero-order valence-electron chi connectivity index (χ0n) is 15.6. The molecule has 0 unspecified atom stereocenters. The Morgan fingerprint density at radius 3 is 2.69 bits per heavy atom. The van der Waals surface area contributed by atoms with Gasteiger partial charge in [0.15, 0.2) is 0 Å². The molecule has 2 aromatic carbocycles. The van der Waals surface area contributed by atoms with E-state index in [0.29, 0.717) is 28.1 Å². The lowest BCUT2D eigenvalue weighted by molar-refractivity contribution is -0.134. The number of aryl methyl sites for hydroxylation is 1. The standard InChI is InChI=1S/C20H16BrN5O3/c1-3-29-20(28)18(11-22)25-24-14-5-7-15(8-6-14)26-12(2)23-17-9-4-13(21)10-16(17)19(26)27/h4-10,24H,3H2,1-2H3/b25-18-. The van der Waals surface area contributed by atoms with E-state index in [2.05, 4.69) is 31.4 Å². The molecule has 0 aliphatic carbocycles. The lowest BCUT2D eigenvalue weighted by Crippen LogP contribution is -2.22. The largest absolute Gasteiger partial charge is 0.461 e. The van der Waals surface area contributed by atoms with E-state index in [1.165, 1.54) is 4.57 Å². The molecular weight excluding hydrogens is 438 g/mol. The van der Waals surface area contributed by atoms with Crippen molar-refractivity contribution in [3.63, 3.8) is 0 Å². The summed E-state index contributed by atoms with van der Waals surface area (Å²) < 4.78 is 7.06. The number of hydrogen-bond donors (Lipinski definition) is 1. The maximum atomic E-state index is 13.0. The Balaban J connectivity index is 1.92. The molecule has 0 amide bonds. The number of esters is 1. The van der Waals surface area contributed by atoms with Crippen molar-refractivity contribution < 1.29 is 9.53 Å². The topological polar surface area (TPSA) is 109 Å². The fourth-order valence-corrected chi connectivity index (χ4v) is 3.06. The highest BCUT2D eigenvalue weighted by molar-refractivity contribution is 9.10. The second-order valence-corrected chi connectivity index (χ2v) is 6.83. The van der Waals surface area contributed by atoms with E-state index in [1.807, 2.05) is 6.07 Å². The number of aromatic nitrogens is 2. The van der Waals surface area contributed by atoms with Gasteiger partial charge in [-0.15, -0.1) is 0 Å². The number of hydrogen-bond acceptors (Lipinski definition) is 7. The summed E-state index contributed by atoms with van der Waals surface area (Å²) in [6, 6.07) is 13.8. The number of halogens is 1. The third-order valence-corrected chi connectivity index (χ3v) is 4.49. The smallest absolute Gasteiger partial charge is 0.369 e. The van der Waals surface area contributed by atoms with Crippen LogP contribution in [0.15, 0.2) is 56.8 Å². The zero-order valence-corrected chi connectivity index (χ0v) is 17.2. The van der Waals surface area contributed by atoms with E-state index in [1.54, 1.807) is 56.3 Å². The monoisotopic (exact) mass is 453 g/mol. The van der Waals surface area contributed by atoms with Crippen molar-refractivity contribution >= 4 is 44.2 Å². The van der Waals surface area contributed by atoms with Crippen molar-refractivity contribution in [2.24, 2.45) is 5.10 Å². The van der Waals surface area contributed by atoms with Gasteiger partial charge in [0.05, 0.1) is 28.9 Å². The van der Waals surface area contributed by atoms with Crippen LogP contribution in [0, 0.1) is 18.3 Å². The number of carbonyl (C=O) groups is 1. The number of anilines is 1. The Kier molecular flexibility index (Phi) is 6.04. The zero-order chi connectivity index (χ0) is 21.0. The molecule has 3 aromatic rings. The molecular formula is C20H16BrN5O3. The SMILES string of the molecule is CCOC(=O)/C(C#N)=N\Nc1ccc(-n2c(C)nc3ccc(Br)cc3c2=O)cc1. The number of carbonyl (C=O) groups excluding carboxylic acids is 1. The fraction of sp³-hybridized carbons (Fsp3) is 0.150. The molecule has 3 rings (SSSR count). The van der Waals surface area contributed by atoms with E-state index >= 15 is 0 Å². The van der Waals surface area contributed by atoms with Gasteiger partial charge in [-0.3, -0.25) is 14.8 Å². The van der Waals surface area contributed by atoms with Crippen LogP contribution >= 0.6 is 15.9 Å². The molecule has 8 nitrogen and oxygen atoms in total. The number of rotatable bonds is 5. The van der Waals surface area contributed by atoms with Crippen LogP contribution in [0.25, 0.3) is 16.6 Å².